The average molecular weight is 268 g/mol. The van der Waals surface area contributed by atoms with Crippen LogP contribution in [0.25, 0.3) is 0 Å². The predicted molar refractivity (Wildman–Crippen MR) is 72.8 cm³/mol. The van der Waals surface area contributed by atoms with E-state index in [1.54, 1.807) is 6.92 Å². The largest absolute Gasteiger partial charge is 0.394 e. The van der Waals surface area contributed by atoms with E-state index in [0.717, 1.165) is 11.3 Å². The van der Waals surface area contributed by atoms with E-state index in [4.69, 9.17) is 10.5 Å². The second-order valence-corrected chi connectivity index (χ2v) is 5.05. The Morgan fingerprint density at radius 1 is 1.58 bits per heavy atom. The van der Waals surface area contributed by atoms with Gasteiger partial charge in [-0.05, 0) is 37.1 Å². The van der Waals surface area contributed by atoms with Gasteiger partial charge in [-0.2, -0.15) is 0 Å². The van der Waals surface area contributed by atoms with Gasteiger partial charge in [0.1, 0.15) is 5.82 Å². The molecule has 1 aliphatic heterocycles. The topological polar surface area (TPSA) is 58.7 Å². The predicted octanol–water partition coefficient (Wildman–Crippen LogP) is 1.35. The summed E-state index contributed by atoms with van der Waals surface area (Å²) in [6, 6.07) is 2.95. The Bertz CT molecular complexity index is 451. The van der Waals surface area contributed by atoms with Crippen molar-refractivity contribution in [3.63, 3.8) is 0 Å². The number of nitrogens with two attached hydrogens (primary N) is 1. The molecule has 0 saturated carbocycles. The van der Waals surface area contributed by atoms with Crippen molar-refractivity contribution in [1.29, 1.82) is 0 Å². The number of hydrogen-bond donors (Lipinski definition) is 2. The van der Waals surface area contributed by atoms with Crippen molar-refractivity contribution < 1.29 is 14.2 Å². The van der Waals surface area contributed by atoms with Crippen molar-refractivity contribution in [1.82, 2.24) is 0 Å². The Kier molecular flexibility index (Phi) is 4.39. The first-order valence-electron chi connectivity index (χ1n) is 6.55. The number of anilines is 1. The maximum atomic E-state index is 13.7. The standard InChI is InChI=1S/C14H21FN2O2/c1-9-5-14(12(10(2)16)6-13(9)15)17-3-4-19-8-11(17)7-18/h5-6,10-11,18H,3-4,7-8,16H2,1-2H3/t10-,11?/m0/s1. The van der Waals surface area contributed by atoms with E-state index >= 15 is 0 Å². The molecule has 1 fully saturated rings. The van der Waals surface area contributed by atoms with Crippen LogP contribution < -0.4 is 10.6 Å². The summed E-state index contributed by atoms with van der Waals surface area (Å²) in [7, 11) is 0. The Balaban J connectivity index is 2.44. The minimum atomic E-state index is -0.257. The molecule has 0 bridgehead atoms. The zero-order chi connectivity index (χ0) is 14.0. The minimum absolute atomic E-state index is 0.00875. The van der Waals surface area contributed by atoms with Gasteiger partial charge in [0.25, 0.3) is 0 Å². The van der Waals surface area contributed by atoms with Gasteiger partial charge < -0.3 is 20.5 Å². The molecule has 0 amide bonds. The molecule has 1 aliphatic rings. The van der Waals surface area contributed by atoms with E-state index in [1.165, 1.54) is 6.07 Å². The van der Waals surface area contributed by atoms with Crippen LogP contribution in [0.3, 0.4) is 0 Å². The Labute approximate surface area is 113 Å². The highest BCUT2D eigenvalue weighted by Crippen LogP contribution is 2.30. The van der Waals surface area contributed by atoms with Crippen LogP contribution >= 0.6 is 0 Å². The fourth-order valence-corrected chi connectivity index (χ4v) is 2.42. The Morgan fingerprint density at radius 3 is 2.95 bits per heavy atom. The minimum Gasteiger partial charge on any atom is -0.394 e. The van der Waals surface area contributed by atoms with Gasteiger partial charge >= 0.3 is 0 Å². The molecule has 1 unspecified atom stereocenters. The van der Waals surface area contributed by atoms with E-state index < -0.39 is 0 Å². The van der Waals surface area contributed by atoms with E-state index in [9.17, 15) is 9.50 Å². The first-order valence-corrected chi connectivity index (χ1v) is 6.55. The van der Waals surface area contributed by atoms with Crippen LogP contribution in [-0.2, 0) is 4.74 Å². The molecule has 3 N–H and O–H groups in total. The molecule has 0 aliphatic carbocycles. The molecular weight excluding hydrogens is 247 g/mol. The lowest BCUT2D eigenvalue weighted by Gasteiger charge is -2.38. The van der Waals surface area contributed by atoms with Crippen molar-refractivity contribution in [2.24, 2.45) is 5.73 Å². The van der Waals surface area contributed by atoms with E-state index in [-0.39, 0.29) is 24.5 Å². The zero-order valence-corrected chi connectivity index (χ0v) is 11.4. The molecule has 1 aromatic rings. The molecule has 1 saturated heterocycles. The van der Waals surface area contributed by atoms with Crippen molar-refractivity contribution in [3.05, 3.63) is 29.1 Å². The molecule has 19 heavy (non-hydrogen) atoms. The van der Waals surface area contributed by atoms with Crippen LogP contribution in [0.1, 0.15) is 24.1 Å². The number of halogens is 1. The van der Waals surface area contributed by atoms with E-state index in [1.807, 2.05) is 13.0 Å². The van der Waals surface area contributed by atoms with Gasteiger partial charge in [0, 0.05) is 18.3 Å². The summed E-state index contributed by atoms with van der Waals surface area (Å²) in [5.41, 5.74) is 8.19. The smallest absolute Gasteiger partial charge is 0.126 e. The molecule has 106 valence electrons. The molecule has 2 atom stereocenters. The van der Waals surface area contributed by atoms with Gasteiger partial charge in [0.15, 0.2) is 0 Å². The molecule has 0 aromatic heterocycles. The summed E-state index contributed by atoms with van der Waals surface area (Å²) in [6.45, 7) is 5.33. The SMILES string of the molecule is Cc1cc(N2CCOCC2CO)c([C@H](C)N)cc1F. The second kappa shape index (κ2) is 5.86. The quantitative estimate of drug-likeness (QED) is 0.869. The first-order chi connectivity index (χ1) is 9.04. The summed E-state index contributed by atoms with van der Waals surface area (Å²) >= 11 is 0. The van der Waals surface area contributed by atoms with Crippen molar-refractivity contribution in [3.8, 4) is 0 Å². The van der Waals surface area contributed by atoms with Crippen LogP contribution in [-0.4, -0.2) is 37.5 Å². The van der Waals surface area contributed by atoms with E-state index in [0.29, 0.717) is 25.3 Å². The van der Waals surface area contributed by atoms with Crippen LogP contribution in [0.2, 0.25) is 0 Å². The molecule has 1 aromatic carbocycles. The van der Waals surface area contributed by atoms with Crippen LogP contribution in [0.4, 0.5) is 10.1 Å². The van der Waals surface area contributed by atoms with E-state index in [2.05, 4.69) is 4.90 Å². The molecule has 0 radical (unpaired) electrons. The Morgan fingerprint density at radius 2 is 2.32 bits per heavy atom. The maximum absolute atomic E-state index is 13.7. The molecule has 5 heteroatoms. The van der Waals surface area contributed by atoms with Crippen molar-refractivity contribution in [2.45, 2.75) is 25.9 Å². The number of aliphatic hydroxyl groups is 1. The molecule has 4 nitrogen and oxygen atoms in total. The summed E-state index contributed by atoms with van der Waals surface area (Å²) in [5, 5.41) is 9.45. The fraction of sp³-hybridized carbons (Fsp3) is 0.571. The first kappa shape index (κ1) is 14.2. The Hall–Kier alpha value is -1.17. The monoisotopic (exact) mass is 268 g/mol. The highest BCUT2D eigenvalue weighted by molar-refractivity contribution is 5.58. The molecule has 0 spiro atoms. The second-order valence-electron chi connectivity index (χ2n) is 5.05. The highest BCUT2D eigenvalue weighted by Gasteiger charge is 2.26. The molecule has 2 rings (SSSR count). The van der Waals surface area contributed by atoms with Crippen LogP contribution in [0.5, 0.6) is 0 Å². The fourth-order valence-electron chi connectivity index (χ4n) is 2.42. The summed E-state index contributed by atoms with van der Waals surface area (Å²) in [5.74, 6) is -0.246. The number of hydrogen-bond acceptors (Lipinski definition) is 4. The van der Waals surface area contributed by atoms with Gasteiger partial charge in [0.2, 0.25) is 0 Å². The zero-order valence-electron chi connectivity index (χ0n) is 11.4. The number of rotatable bonds is 3. The lowest BCUT2D eigenvalue weighted by atomic mass is 10.0. The number of morpholine rings is 1. The third kappa shape index (κ3) is 2.88. The maximum Gasteiger partial charge on any atom is 0.126 e. The third-order valence-corrected chi connectivity index (χ3v) is 3.55. The molecular formula is C14H21FN2O2. The van der Waals surface area contributed by atoms with Crippen molar-refractivity contribution in [2.75, 3.05) is 31.3 Å². The lowest BCUT2D eigenvalue weighted by Crippen LogP contribution is -2.48. The number of ether oxygens (including phenoxy) is 1. The highest BCUT2D eigenvalue weighted by atomic mass is 19.1. The average Bonchev–Trinajstić information content (AvgIpc) is 2.41. The van der Waals surface area contributed by atoms with Gasteiger partial charge in [-0.25, -0.2) is 4.39 Å². The lowest BCUT2D eigenvalue weighted by molar-refractivity contribution is 0.0726. The normalized spacial score (nSPS) is 21.5. The van der Waals surface area contributed by atoms with Gasteiger partial charge in [-0.3, -0.25) is 0 Å². The van der Waals surface area contributed by atoms with Gasteiger partial charge in [-0.1, -0.05) is 0 Å². The van der Waals surface area contributed by atoms with Gasteiger partial charge in [-0.15, -0.1) is 0 Å². The number of benzene rings is 1. The number of nitrogens with zero attached hydrogens (tertiary/aromatic N) is 1. The van der Waals surface area contributed by atoms with Crippen LogP contribution in [0, 0.1) is 12.7 Å². The summed E-state index contributed by atoms with van der Waals surface area (Å²) in [4.78, 5) is 2.06. The number of aryl methyl sites for hydroxylation is 1. The third-order valence-electron chi connectivity index (χ3n) is 3.55. The van der Waals surface area contributed by atoms with Gasteiger partial charge in [0.05, 0.1) is 25.9 Å². The summed E-state index contributed by atoms with van der Waals surface area (Å²) in [6.07, 6.45) is 0. The molecule has 1 heterocycles. The van der Waals surface area contributed by atoms with Crippen molar-refractivity contribution >= 4 is 5.69 Å². The number of aliphatic hydroxyl groups excluding tert-OH is 1. The summed E-state index contributed by atoms with van der Waals surface area (Å²) < 4.78 is 19.1. The van der Waals surface area contributed by atoms with Crippen LogP contribution in [0.15, 0.2) is 12.1 Å².